The first-order valence-corrected chi connectivity index (χ1v) is 7.29. The van der Waals surface area contributed by atoms with Gasteiger partial charge in [0.15, 0.2) is 0 Å². The van der Waals surface area contributed by atoms with Crippen LogP contribution < -0.4 is 5.32 Å². The minimum absolute atomic E-state index is 0.295. The summed E-state index contributed by atoms with van der Waals surface area (Å²) in [4.78, 5) is 13.8. The maximum absolute atomic E-state index is 11.8. The molecular formula is C15H24N2O2. The SMILES string of the molecule is CC(CCc1ccco1)NCCC(=O)N1CCCC1. The molecule has 0 bridgehead atoms. The molecule has 1 amide bonds. The molecule has 19 heavy (non-hydrogen) atoms. The minimum atomic E-state index is 0.295. The van der Waals surface area contributed by atoms with Crippen LogP contribution in [-0.2, 0) is 11.2 Å². The zero-order valence-electron chi connectivity index (χ0n) is 11.7. The van der Waals surface area contributed by atoms with Crippen molar-refractivity contribution in [3.63, 3.8) is 0 Å². The minimum Gasteiger partial charge on any atom is -0.469 e. The average Bonchev–Trinajstić information content (AvgIpc) is 3.09. The number of aryl methyl sites for hydroxylation is 1. The lowest BCUT2D eigenvalue weighted by Gasteiger charge is -2.17. The van der Waals surface area contributed by atoms with E-state index in [1.54, 1.807) is 6.26 Å². The summed E-state index contributed by atoms with van der Waals surface area (Å²) in [5, 5.41) is 3.41. The topological polar surface area (TPSA) is 45.5 Å². The van der Waals surface area contributed by atoms with Gasteiger partial charge in [-0.1, -0.05) is 0 Å². The van der Waals surface area contributed by atoms with Crippen LogP contribution in [0.4, 0.5) is 0 Å². The van der Waals surface area contributed by atoms with Crippen molar-refractivity contribution < 1.29 is 9.21 Å². The van der Waals surface area contributed by atoms with Crippen molar-refractivity contribution in [1.29, 1.82) is 0 Å². The summed E-state index contributed by atoms with van der Waals surface area (Å²) in [6.07, 6.45) is 6.64. The lowest BCUT2D eigenvalue weighted by atomic mass is 10.1. The molecule has 1 aromatic rings. The molecule has 0 aliphatic carbocycles. The van der Waals surface area contributed by atoms with Gasteiger partial charge in [0.25, 0.3) is 0 Å². The van der Waals surface area contributed by atoms with E-state index in [1.165, 1.54) is 12.8 Å². The molecule has 0 radical (unpaired) electrons. The van der Waals surface area contributed by atoms with Crippen LogP contribution in [-0.4, -0.2) is 36.5 Å². The van der Waals surface area contributed by atoms with Crippen LogP contribution in [0.15, 0.2) is 22.8 Å². The third kappa shape index (κ3) is 4.71. The molecule has 1 unspecified atom stereocenters. The number of furan rings is 1. The summed E-state index contributed by atoms with van der Waals surface area (Å²) < 4.78 is 5.31. The van der Waals surface area contributed by atoms with Gasteiger partial charge < -0.3 is 14.6 Å². The molecule has 1 N–H and O–H groups in total. The molecule has 1 atom stereocenters. The van der Waals surface area contributed by atoms with E-state index in [9.17, 15) is 4.79 Å². The number of likely N-dealkylation sites (tertiary alicyclic amines) is 1. The summed E-state index contributed by atoms with van der Waals surface area (Å²) in [5.41, 5.74) is 0. The number of hydrogen-bond acceptors (Lipinski definition) is 3. The monoisotopic (exact) mass is 264 g/mol. The van der Waals surface area contributed by atoms with E-state index >= 15 is 0 Å². The molecular weight excluding hydrogens is 240 g/mol. The largest absolute Gasteiger partial charge is 0.469 e. The van der Waals surface area contributed by atoms with Gasteiger partial charge in [-0.25, -0.2) is 0 Å². The Morgan fingerprint density at radius 3 is 2.95 bits per heavy atom. The molecule has 2 heterocycles. The van der Waals surface area contributed by atoms with Gasteiger partial charge in [-0.05, 0) is 38.3 Å². The molecule has 4 heteroatoms. The third-order valence-electron chi connectivity index (χ3n) is 3.69. The Morgan fingerprint density at radius 1 is 1.47 bits per heavy atom. The predicted octanol–water partition coefficient (Wildman–Crippen LogP) is 2.20. The van der Waals surface area contributed by atoms with Gasteiger partial charge in [0.05, 0.1) is 6.26 Å². The van der Waals surface area contributed by atoms with E-state index in [2.05, 4.69) is 12.2 Å². The fourth-order valence-electron chi connectivity index (χ4n) is 2.47. The van der Waals surface area contributed by atoms with Gasteiger partial charge >= 0.3 is 0 Å². The molecule has 0 aromatic carbocycles. The highest BCUT2D eigenvalue weighted by Gasteiger charge is 2.17. The first kappa shape index (κ1) is 14.1. The number of rotatable bonds is 7. The summed E-state index contributed by atoms with van der Waals surface area (Å²) in [5.74, 6) is 1.32. The summed E-state index contributed by atoms with van der Waals surface area (Å²) in [6, 6.07) is 4.34. The van der Waals surface area contributed by atoms with Gasteiger partial charge in [0.2, 0.25) is 5.91 Å². The molecule has 0 saturated carbocycles. The second kappa shape index (κ2) is 7.34. The zero-order chi connectivity index (χ0) is 13.5. The van der Waals surface area contributed by atoms with E-state index < -0.39 is 0 Å². The van der Waals surface area contributed by atoms with Gasteiger partial charge in [-0.2, -0.15) is 0 Å². The van der Waals surface area contributed by atoms with Crippen molar-refractivity contribution >= 4 is 5.91 Å². The quantitative estimate of drug-likeness (QED) is 0.821. The highest BCUT2D eigenvalue weighted by Crippen LogP contribution is 2.09. The van der Waals surface area contributed by atoms with Crippen molar-refractivity contribution in [3.05, 3.63) is 24.2 Å². The predicted molar refractivity (Wildman–Crippen MR) is 74.9 cm³/mol. The van der Waals surface area contributed by atoms with Crippen LogP contribution >= 0.6 is 0 Å². The van der Waals surface area contributed by atoms with Crippen LogP contribution in [0.3, 0.4) is 0 Å². The Balaban J connectivity index is 1.55. The maximum atomic E-state index is 11.8. The molecule has 106 valence electrons. The van der Waals surface area contributed by atoms with Crippen molar-refractivity contribution in [3.8, 4) is 0 Å². The highest BCUT2D eigenvalue weighted by atomic mass is 16.3. The number of nitrogens with one attached hydrogen (secondary N) is 1. The van der Waals surface area contributed by atoms with Crippen molar-refractivity contribution in [1.82, 2.24) is 10.2 Å². The normalized spacial score (nSPS) is 16.8. The van der Waals surface area contributed by atoms with Gasteiger partial charge in [0.1, 0.15) is 5.76 Å². The Labute approximate surface area is 115 Å². The number of carbonyl (C=O) groups excluding carboxylic acids is 1. The number of nitrogens with zero attached hydrogens (tertiary/aromatic N) is 1. The fourth-order valence-corrected chi connectivity index (χ4v) is 2.47. The van der Waals surface area contributed by atoms with E-state index in [-0.39, 0.29) is 0 Å². The van der Waals surface area contributed by atoms with Gasteiger partial charge in [-0.3, -0.25) is 4.79 Å². The molecule has 1 fully saturated rings. The van der Waals surface area contributed by atoms with Crippen molar-refractivity contribution in [2.45, 2.75) is 45.1 Å². The van der Waals surface area contributed by atoms with Crippen molar-refractivity contribution in [2.24, 2.45) is 0 Å². The lowest BCUT2D eigenvalue weighted by Crippen LogP contribution is -2.33. The third-order valence-corrected chi connectivity index (χ3v) is 3.69. The highest BCUT2D eigenvalue weighted by molar-refractivity contribution is 5.76. The summed E-state index contributed by atoms with van der Waals surface area (Å²) >= 11 is 0. The second-order valence-electron chi connectivity index (χ2n) is 5.31. The standard InChI is InChI=1S/C15H24N2O2/c1-13(6-7-14-5-4-12-19-14)16-9-8-15(18)17-10-2-3-11-17/h4-5,12-13,16H,2-3,6-11H2,1H3. The maximum Gasteiger partial charge on any atom is 0.223 e. The van der Waals surface area contributed by atoms with Crippen LogP contribution in [0, 0.1) is 0 Å². The van der Waals surface area contributed by atoms with Crippen LogP contribution in [0.2, 0.25) is 0 Å². The Hall–Kier alpha value is -1.29. The van der Waals surface area contributed by atoms with E-state index in [1.807, 2.05) is 17.0 Å². The Morgan fingerprint density at radius 2 is 2.26 bits per heavy atom. The van der Waals surface area contributed by atoms with Gasteiger partial charge in [0, 0.05) is 38.5 Å². The molecule has 1 aliphatic heterocycles. The molecule has 4 nitrogen and oxygen atoms in total. The number of amides is 1. The van der Waals surface area contributed by atoms with Gasteiger partial charge in [-0.15, -0.1) is 0 Å². The van der Waals surface area contributed by atoms with Crippen LogP contribution in [0.1, 0.15) is 38.4 Å². The summed E-state index contributed by atoms with van der Waals surface area (Å²) in [6.45, 7) is 4.83. The smallest absolute Gasteiger partial charge is 0.223 e. The molecule has 1 saturated heterocycles. The number of hydrogen-bond donors (Lipinski definition) is 1. The lowest BCUT2D eigenvalue weighted by molar-refractivity contribution is -0.130. The summed E-state index contributed by atoms with van der Waals surface area (Å²) in [7, 11) is 0. The van der Waals surface area contributed by atoms with E-state index in [0.717, 1.165) is 38.2 Å². The van der Waals surface area contributed by atoms with E-state index in [0.29, 0.717) is 18.4 Å². The van der Waals surface area contributed by atoms with Crippen molar-refractivity contribution in [2.75, 3.05) is 19.6 Å². The molecule has 2 rings (SSSR count). The first-order chi connectivity index (χ1) is 9.25. The molecule has 1 aromatic heterocycles. The van der Waals surface area contributed by atoms with Crippen LogP contribution in [0.25, 0.3) is 0 Å². The Kier molecular flexibility index (Phi) is 5.45. The Bertz CT molecular complexity index is 370. The fraction of sp³-hybridized carbons (Fsp3) is 0.667. The van der Waals surface area contributed by atoms with Crippen LogP contribution in [0.5, 0.6) is 0 Å². The first-order valence-electron chi connectivity index (χ1n) is 7.29. The van der Waals surface area contributed by atoms with E-state index in [4.69, 9.17) is 4.42 Å². The number of carbonyl (C=O) groups is 1. The molecule has 0 spiro atoms. The zero-order valence-corrected chi connectivity index (χ0v) is 11.7. The molecule has 1 aliphatic rings. The average molecular weight is 264 g/mol. The second-order valence-corrected chi connectivity index (χ2v) is 5.31.